The fourth-order valence-electron chi connectivity index (χ4n) is 4.99. The second-order valence-electron chi connectivity index (χ2n) is 8.08. The lowest BCUT2D eigenvalue weighted by molar-refractivity contribution is -0.138. The van der Waals surface area contributed by atoms with Crippen LogP contribution in [-0.4, -0.2) is 89.1 Å². The van der Waals surface area contributed by atoms with E-state index in [0.717, 1.165) is 64.8 Å². The highest BCUT2D eigenvalue weighted by atomic mass is 16.5. The van der Waals surface area contributed by atoms with Crippen LogP contribution in [0.4, 0.5) is 0 Å². The van der Waals surface area contributed by atoms with Gasteiger partial charge in [-0.3, -0.25) is 4.79 Å². The van der Waals surface area contributed by atoms with Crippen LogP contribution in [0.5, 0.6) is 0 Å². The predicted molar refractivity (Wildman–Crippen MR) is 95.5 cm³/mol. The lowest BCUT2D eigenvalue weighted by Gasteiger charge is -2.42. The van der Waals surface area contributed by atoms with E-state index >= 15 is 0 Å². The fraction of sp³-hybridized carbons (Fsp3) is 0.947. The van der Waals surface area contributed by atoms with Crippen molar-refractivity contribution in [2.45, 2.75) is 25.7 Å². The van der Waals surface area contributed by atoms with Gasteiger partial charge in [0.2, 0.25) is 5.91 Å². The van der Waals surface area contributed by atoms with Gasteiger partial charge in [-0.15, -0.1) is 0 Å². The molecular formula is C19H34N2O4. The molecule has 0 aliphatic carbocycles. The number of nitrogens with zero attached hydrogens (tertiary/aromatic N) is 2. The zero-order valence-corrected chi connectivity index (χ0v) is 15.9. The minimum Gasteiger partial charge on any atom is -0.384 e. The standard InChI is InChI=1S/C19H34N2O4/c1-23-13-17-12-20(11-16-3-9-25-10-4-16)15-19(17)5-7-21(8-6-19)18(22)14-24-2/h16-17H,3-15H2,1-2H3/t17-/m0/s1. The molecule has 6 nitrogen and oxygen atoms in total. The summed E-state index contributed by atoms with van der Waals surface area (Å²) in [6.07, 6.45) is 4.55. The molecule has 0 saturated carbocycles. The van der Waals surface area contributed by atoms with E-state index in [1.54, 1.807) is 7.11 Å². The molecule has 3 aliphatic heterocycles. The van der Waals surface area contributed by atoms with Gasteiger partial charge in [0.15, 0.2) is 0 Å². The van der Waals surface area contributed by atoms with E-state index in [4.69, 9.17) is 14.2 Å². The van der Waals surface area contributed by atoms with Crippen LogP contribution >= 0.6 is 0 Å². The molecule has 3 fully saturated rings. The highest BCUT2D eigenvalue weighted by molar-refractivity contribution is 5.77. The van der Waals surface area contributed by atoms with Crippen LogP contribution in [-0.2, 0) is 19.0 Å². The Bertz CT molecular complexity index is 431. The Balaban J connectivity index is 1.58. The molecule has 0 unspecified atom stereocenters. The Morgan fingerprint density at radius 1 is 1.16 bits per heavy atom. The van der Waals surface area contributed by atoms with Gasteiger partial charge in [0.1, 0.15) is 6.61 Å². The highest BCUT2D eigenvalue weighted by Crippen LogP contribution is 2.45. The molecular weight excluding hydrogens is 320 g/mol. The van der Waals surface area contributed by atoms with Crippen LogP contribution in [0.25, 0.3) is 0 Å². The third-order valence-electron chi connectivity index (χ3n) is 6.49. The lowest BCUT2D eigenvalue weighted by Crippen LogP contribution is -2.48. The molecule has 25 heavy (non-hydrogen) atoms. The van der Waals surface area contributed by atoms with Crippen molar-refractivity contribution in [3.63, 3.8) is 0 Å². The molecule has 0 N–H and O–H groups in total. The molecule has 0 aromatic carbocycles. The second-order valence-corrected chi connectivity index (χ2v) is 8.08. The normalized spacial score (nSPS) is 27.9. The minimum atomic E-state index is 0.123. The molecule has 1 spiro atoms. The first-order valence-corrected chi connectivity index (χ1v) is 9.72. The average Bonchev–Trinajstić information content (AvgIpc) is 2.93. The van der Waals surface area contributed by atoms with Crippen molar-refractivity contribution in [2.24, 2.45) is 17.3 Å². The minimum absolute atomic E-state index is 0.123. The van der Waals surface area contributed by atoms with Crippen molar-refractivity contribution >= 4 is 5.91 Å². The van der Waals surface area contributed by atoms with Gasteiger partial charge >= 0.3 is 0 Å². The number of amides is 1. The summed E-state index contributed by atoms with van der Waals surface area (Å²) in [6, 6.07) is 0. The summed E-state index contributed by atoms with van der Waals surface area (Å²) in [5.41, 5.74) is 0.311. The summed E-state index contributed by atoms with van der Waals surface area (Å²) in [4.78, 5) is 16.7. The van der Waals surface area contributed by atoms with E-state index in [9.17, 15) is 4.79 Å². The summed E-state index contributed by atoms with van der Waals surface area (Å²) in [6.45, 7) is 8.06. The van der Waals surface area contributed by atoms with Crippen LogP contribution in [0.15, 0.2) is 0 Å². The first-order chi connectivity index (χ1) is 12.2. The number of ether oxygens (including phenoxy) is 3. The number of carbonyl (C=O) groups is 1. The summed E-state index contributed by atoms with van der Waals surface area (Å²) >= 11 is 0. The number of hydrogen-bond acceptors (Lipinski definition) is 5. The maximum atomic E-state index is 12.1. The molecule has 0 bridgehead atoms. The van der Waals surface area contributed by atoms with Gasteiger partial charge in [-0.2, -0.15) is 0 Å². The summed E-state index contributed by atoms with van der Waals surface area (Å²) in [5, 5.41) is 0. The number of rotatable bonds is 6. The van der Waals surface area contributed by atoms with E-state index in [1.807, 2.05) is 12.0 Å². The molecule has 1 amide bonds. The molecule has 0 aromatic heterocycles. The summed E-state index contributed by atoms with van der Waals surface area (Å²) in [5.74, 6) is 1.48. The largest absolute Gasteiger partial charge is 0.384 e. The summed E-state index contributed by atoms with van der Waals surface area (Å²) in [7, 11) is 3.40. The molecule has 3 saturated heterocycles. The number of carbonyl (C=O) groups excluding carboxylic acids is 1. The molecule has 144 valence electrons. The van der Waals surface area contributed by atoms with Gasteiger partial charge in [0, 0.05) is 66.1 Å². The van der Waals surface area contributed by atoms with Crippen molar-refractivity contribution in [2.75, 3.05) is 73.4 Å². The molecule has 3 aliphatic rings. The van der Waals surface area contributed by atoms with Crippen LogP contribution in [0.2, 0.25) is 0 Å². The molecule has 6 heteroatoms. The SMILES string of the molecule is COCC(=O)N1CCC2(CC1)CN(CC1CCOCC1)C[C@H]2COC. The smallest absolute Gasteiger partial charge is 0.248 e. The first-order valence-electron chi connectivity index (χ1n) is 9.72. The Kier molecular flexibility index (Phi) is 6.72. The van der Waals surface area contributed by atoms with Gasteiger partial charge in [-0.25, -0.2) is 0 Å². The maximum absolute atomic E-state index is 12.1. The van der Waals surface area contributed by atoms with E-state index in [1.165, 1.54) is 19.4 Å². The third kappa shape index (κ3) is 4.54. The van der Waals surface area contributed by atoms with E-state index < -0.39 is 0 Å². The van der Waals surface area contributed by atoms with Gasteiger partial charge in [0.05, 0.1) is 6.61 Å². The second kappa shape index (κ2) is 8.80. The number of piperidine rings is 1. The molecule has 0 aromatic rings. The van der Waals surface area contributed by atoms with Crippen molar-refractivity contribution in [1.29, 1.82) is 0 Å². The predicted octanol–water partition coefficient (Wildman–Crippen LogP) is 1.25. The van der Waals surface area contributed by atoms with Crippen LogP contribution in [0.1, 0.15) is 25.7 Å². The van der Waals surface area contributed by atoms with Gasteiger partial charge in [0.25, 0.3) is 0 Å². The van der Waals surface area contributed by atoms with Crippen molar-refractivity contribution in [3.05, 3.63) is 0 Å². The number of hydrogen-bond donors (Lipinski definition) is 0. The van der Waals surface area contributed by atoms with Crippen molar-refractivity contribution in [3.8, 4) is 0 Å². The average molecular weight is 354 g/mol. The Morgan fingerprint density at radius 3 is 2.52 bits per heavy atom. The highest BCUT2D eigenvalue weighted by Gasteiger charge is 2.48. The first kappa shape index (κ1) is 19.1. The number of methoxy groups -OCH3 is 2. The number of likely N-dealkylation sites (tertiary alicyclic amines) is 2. The van der Waals surface area contributed by atoms with Crippen LogP contribution < -0.4 is 0 Å². The summed E-state index contributed by atoms with van der Waals surface area (Å²) < 4.78 is 16.1. The van der Waals surface area contributed by atoms with Crippen molar-refractivity contribution < 1.29 is 19.0 Å². The van der Waals surface area contributed by atoms with Crippen LogP contribution in [0.3, 0.4) is 0 Å². The van der Waals surface area contributed by atoms with Crippen LogP contribution in [0, 0.1) is 17.3 Å². The van der Waals surface area contributed by atoms with Gasteiger partial charge in [-0.1, -0.05) is 0 Å². The van der Waals surface area contributed by atoms with E-state index in [0.29, 0.717) is 11.3 Å². The molecule has 0 radical (unpaired) electrons. The van der Waals surface area contributed by atoms with Crippen molar-refractivity contribution in [1.82, 2.24) is 9.80 Å². The fourth-order valence-corrected chi connectivity index (χ4v) is 4.99. The zero-order valence-electron chi connectivity index (χ0n) is 15.9. The Morgan fingerprint density at radius 2 is 1.88 bits per heavy atom. The van der Waals surface area contributed by atoms with Gasteiger partial charge < -0.3 is 24.0 Å². The quantitative estimate of drug-likeness (QED) is 0.718. The van der Waals surface area contributed by atoms with Gasteiger partial charge in [-0.05, 0) is 37.0 Å². The Hall–Kier alpha value is -0.690. The van der Waals surface area contributed by atoms with E-state index in [2.05, 4.69) is 4.90 Å². The molecule has 3 rings (SSSR count). The molecule has 3 heterocycles. The topological polar surface area (TPSA) is 51.2 Å². The maximum Gasteiger partial charge on any atom is 0.248 e. The van der Waals surface area contributed by atoms with E-state index in [-0.39, 0.29) is 12.5 Å². The zero-order chi connectivity index (χ0) is 17.7. The third-order valence-corrected chi connectivity index (χ3v) is 6.49. The Labute approximate surface area is 151 Å². The molecule has 1 atom stereocenters. The monoisotopic (exact) mass is 354 g/mol. The lowest BCUT2D eigenvalue weighted by atomic mass is 9.71.